The topological polar surface area (TPSA) is 24.5 Å². The SMILES string of the molecule is CCCCN(CC(NC)c1ccc(OC)cc1)C1CC1. The van der Waals surface area contributed by atoms with Crippen molar-refractivity contribution in [3.63, 3.8) is 0 Å². The molecule has 0 spiro atoms. The molecule has 0 aliphatic heterocycles. The van der Waals surface area contributed by atoms with Crippen LogP contribution in [0.5, 0.6) is 5.75 Å². The number of rotatable bonds is 9. The summed E-state index contributed by atoms with van der Waals surface area (Å²) in [6.45, 7) is 4.60. The van der Waals surface area contributed by atoms with Gasteiger partial charge in [-0.05, 0) is 50.6 Å². The highest BCUT2D eigenvalue weighted by Gasteiger charge is 2.30. The third-order valence-electron chi connectivity index (χ3n) is 4.15. The number of hydrogen-bond donors (Lipinski definition) is 1. The van der Waals surface area contributed by atoms with Crippen LogP contribution in [0.15, 0.2) is 24.3 Å². The predicted octanol–water partition coefficient (Wildman–Crippen LogP) is 3.22. The van der Waals surface area contributed by atoms with E-state index in [1.807, 2.05) is 12.1 Å². The Morgan fingerprint density at radius 1 is 1.30 bits per heavy atom. The van der Waals surface area contributed by atoms with E-state index in [-0.39, 0.29) is 0 Å². The van der Waals surface area contributed by atoms with Crippen molar-refractivity contribution in [1.29, 1.82) is 0 Å². The van der Waals surface area contributed by atoms with Crippen molar-refractivity contribution in [1.82, 2.24) is 10.2 Å². The van der Waals surface area contributed by atoms with Gasteiger partial charge in [0.15, 0.2) is 0 Å². The number of nitrogens with zero attached hydrogens (tertiary/aromatic N) is 1. The molecule has 1 aliphatic carbocycles. The molecule has 1 aliphatic rings. The van der Waals surface area contributed by atoms with Gasteiger partial charge in [-0.2, -0.15) is 0 Å². The average molecular weight is 276 g/mol. The van der Waals surface area contributed by atoms with Crippen molar-refractivity contribution in [3.8, 4) is 5.75 Å². The lowest BCUT2D eigenvalue weighted by molar-refractivity contribution is 0.233. The first kappa shape index (κ1) is 15.3. The van der Waals surface area contributed by atoms with E-state index in [1.165, 1.54) is 37.8 Å². The highest BCUT2D eigenvalue weighted by Crippen LogP contribution is 2.29. The molecule has 0 aromatic heterocycles. The Morgan fingerprint density at radius 3 is 2.50 bits per heavy atom. The molecule has 0 bridgehead atoms. The summed E-state index contributed by atoms with van der Waals surface area (Å²) in [6.07, 6.45) is 5.33. The van der Waals surface area contributed by atoms with Gasteiger partial charge >= 0.3 is 0 Å². The third-order valence-corrected chi connectivity index (χ3v) is 4.15. The molecular formula is C17H28N2O. The lowest BCUT2D eigenvalue weighted by atomic mass is 10.1. The summed E-state index contributed by atoms with van der Waals surface area (Å²) in [4.78, 5) is 2.66. The first-order valence-corrected chi connectivity index (χ1v) is 7.83. The summed E-state index contributed by atoms with van der Waals surface area (Å²) in [6, 6.07) is 9.67. The van der Waals surface area contributed by atoms with Crippen LogP contribution in [-0.4, -0.2) is 38.2 Å². The van der Waals surface area contributed by atoms with E-state index in [9.17, 15) is 0 Å². The van der Waals surface area contributed by atoms with E-state index >= 15 is 0 Å². The van der Waals surface area contributed by atoms with Crippen LogP contribution >= 0.6 is 0 Å². The minimum absolute atomic E-state index is 0.401. The zero-order valence-corrected chi connectivity index (χ0v) is 13.1. The number of methoxy groups -OCH3 is 1. The summed E-state index contributed by atoms with van der Waals surface area (Å²) in [7, 11) is 3.77. The number of ether oxygens (including phenoxy) is 1. The Kier molecular flexibility index (Phi) is 5.86. The fourth-order valence-corrected chi connectivity index (χ4v) is 2.66. The number of nitrogens with one attached hydrogen (secondary N) is 1. The largest absolute Gasteiger partial charge is 0.497 e. The Balaban J connectivity index is 1.98. The molecule has 0 amide bonds. The fraction of sp³-hybridized carbons (Fsp3) is 0.647. The Labute approximate surface area is 123 Å². The van der Waals surface area contributed by atoms with Gasteiger partial charge in [0.1, 0.15) is 5.75 Å². The summed E-state index contributed by atoms with van der Waals surface area (Å²) in [5.41, 5.74) is 1.34. The molecule has 1 aromatic rings. The lowest BCUT2D eigenvalue weighted by Gasteiger charge is -2.27. The molecule has 0 saturated heterocycles. The van der Waals surface area contributed by atoms with Crippen LogP contribution in [0.3, 0.4) is 0 Å². The molecule has 2 rings (SSSR count). The maximum absolute atomic E-state index is 5.23. The average Bonchev–Trinajstić information content (AvgIpc) is 3.32. The maximum atomic E-state index is 5.23. The molecule has 1 fully saturated rings. The first-order chi connectivity index (χ1) is 9.78. The lowest BCUT2D eigenvalue weighted by Crippen LogP contribution is -2.36. The number of likely N-dealkylation sites (N-methyl/N-ethyl adjacent to an activating group) is 1. The Morgan fingerprint density at radius 2 is 2.00 bits per heavy atom. The molecule has 112 valence electrons. The summed E-state index contributed by atoms with van der Waals surface area (Å²) >= 11 is 0. The molecule has 20 heavy (non-hydrogen) atoms. The zero-order chi connectivity index (χ0) is 14.4. The quantitative estimate of drug-likeness (QED) is 0.749. The van der Waals surface area contributed by atoms with Crippen LogP contribution in [0, 0.1) is 0 Å². The smallest absolute Gasteiger partial charge is 0.118 e. The van der Waals surface area contributed by atoms with E-state index in [1.54, 1.807) is 7.11 Å². The van der Waals surface area contributed by atoms with E-state index in [0.29, 0.717) is 6.04 Å². The number of hydrogen-bond acceptors (Lipinski definition) is 3. The fourth-order valence-electron chi connectivity index (χ4n) is 2.66. The predicted molar refractivity (Wildman–Crippen MR) is 84.3 cm³/mol. The second kappa shape index (κ2) is 7.65. The first-order valence-electron chi connectivity index (χ1n) is 7.83. The number of unbranched alkanes of at least 4 members (excludes halogenated alkanes) is 1. The van der Waals surface area contributed by atoms with Gasteiger partial charge < -0.3 is 10.1 Å². The van der Waals surface area contributed by atoms with Crippen LogP contribution in [0.2, 0.25) is 0 Å². The molecule has 1 N–H and O–H groups in total. The molecular weight excluding hydrogens is 248 g/mol. The monoisotopic (exact) mass is 276 g/mol. The van der Waals surface area contributed by atoms with Crippen LogP contribution in [0.4, 0.5) is 0 Å². The van der Waals surface area contributed by atoms with E-state index < -0.39 is 0 Å². The molecule has 3 nitrogen and oxygen atoms in total. The Bertz CT molecular complexity index is 386. The van der Waals surface area contributed by atoms with Crippen molar-refractivity contribution in [2.24, 2.45) is 0 Å². The van der Waals surface area contributed by atoms with Crippen molar-refractivity contribution in [2.45, 2.75) is 44.7 Å². The van der Waals surface area contributed by atoms with Gasteiger partial charge in [0, 0.05) is 18.6 Å². The third kappa shape index (κ3) is 4.22. The highest BCUT2D eigenvalue weighted by molar-refractivity contribution is 5.29. The molecule has 0 radical (unpaired) electrons. The Hall–Kier alpha value is -1.06. The van der Waals surface area contributed by atoms with Gasteiger partial charge in [0.05, 0.1) is 7.11 Å². The normalized spacial score (nSPS) is 16.4. The second-order valence-corrected chi connectivity index (χ2v) is 5.69. The van der Waals surface area contributed by atoms with E-state index in [2.05, 4.69) is 36.3 Å². The van der Waals surface area contributed by atoms with Gasteiger partial charge in [-0.1, -0.05) is 25.5 Å². The molecule has 0 heterocycles. The van der Waals surface area contributed by atoms with Gasteiger partial charge in [-0.15, -0.1) is 0 Å². The molecule has 3 heteroatoms. The summed E-state index contributed by atoms with van der Waals surface area (Å²) < 4.78 is 5.23. The molecule has 1 atom stereocenters. The van der Waals surface area contributed by atoms with Crippen molar-refractivity contribution < 1.29 is 4.74 Å². The van der Waals surface area contributed by atoms with Gasteiger partial charge in [-0.3, -0.25) is 4.90 Å². The standard InChI is InChI=1S/C17H28N2O/c1-4-5-12-19(15-8-9-15)13-17(18-2)14-6-10-16(20-3)11-7-14/h6-7,10-11,15,17-18H,4-5,8-9,12-13H2,1-3H3. The summed E-state index contributed by atoms with van der Waals surface area (Å²) in [5.74, 6) is 0.925. The van der Waals surface area contributed by atoms with Crippen LogP contribution < -0.4 is 10.1 Å². The minimum Gasteiger partial charge on any atom is -0.497 e. The minimum atomic E-state index is 0.401. The van der Waals surface area contributed by atoms with Gasteiger partial charge in [0.25, 0.3) is 0 Å². The van der Waals surface area contributed by atoms with Crippen molar-refractivity contribution >= 4 is 0 Å². The molecule has 1 unspecified atom stereocenters. The van der Waals surface area contributed by atoms with Crippen LogP contribution in [0.1, 0.15) is 44.2 Å². The van der Waals surface area contributed by atoms with E-state index in [4.69, 9.17) is 4.74 Å². The van der Waals surface area contributed by atoms with E-state index in [0.717, 1.165) is 18.3 Å². The van der Waals surface area contributed by atoms with Gasteiger partial charge in [-0.25, -0.2) is 0 Å². The maximum Gasteiger partial charge on any atom is 0.118 e. The zero-order valence-electron chi connectivity index (χ0n) is 13.1. The van der Waals surface area contributed by atoms with Crippen LogP contribution in [-0.2, 0) is 0 Å². The van der Waals surface area contributed by atoms with Crippen LogP contribution in [0.25, 0.3) is 0 Å². The van der Waals surface area contributed by atoms with Crippen molar-refractivity contribution in [3.05, 3.63) is 29.8 Å². The van der Waals surface area contributed by atoms with Crippen molar-refractivity contribution in [2.75, 3.05) is 27.2 Å². The summed E-state index contributed by atoms with van der Waals surface area (Å²) in [5, 5.41) is 3.46. The van der Waals surface area contributed by atoms with Gasteiger partial charge in [0.2, 0.25) is 0 Å². The molecule has 1 aromatic carbocycles. The second-order valence-electron chi connectivity index (χ2n) is 5.69. The molecule has 1 saturated carbocycles. The highest BCUT2D eigenvalue weighted by atomic mass is 16.5. The number of benzene rings is 1.